The van der Waals surface area contributed by atoms with Crippen LogP contribution < -0.4 is 14.2 Å². The number of hydrogen-bond donors (Lipinski definition) is 2. The van der Waals surface area contributed by atoms with Gasteiger partial charge in [0.1, 0.15) is 11.5 Å². The molecule has 2 aromatic rings. The smallest absolute Gasteiger partial charge is 0.204 e. The molecule has 0 aliphatic heterocycles. The van der Waals surface area contributed by atoms with E-state index in [1.54, 1.807) is 26.4 Å². The van der Waals surface area contributed by atoms with Gasteiger partial charge in [-0.1, -0.05) is 6.07 Å². The zero-order chi connectivity index (χ0) is 20.3. The van der Waals surface area contributed by atoms with E-state index in [-0.39, 0.29) is 18.0 Å². The lowest BCUT2D eigenvalue weighted by Gasteiger charge is -2.20. The molecule has 0 unspecified atom stereocenters. The second kappa shape index (κ2) is 8.52. The number of carbonyl (C=O) groups is 1. The predicted octanol–water partition coefficient (Wildman–Crippen LogP) is 3.80. The van der Waals surface area contributed by atoms with E-state index in [0.29, 0.717) is 46.8 Å². The molecular weight excluding hydrogens is 360 g/mol. The van der Waals surface area contributed by atoms with Crippen molar-refractivity contribution in [1.82, 2.24) is 0 Å². The van der Waals surface area contributed by atoms with E-state index in [9.17, 15) is 15.0 Å². The minimum atomic E-state index is -0.918. The Morgan fingerprint density at radius 1 is 0.893 bits per heavy atom. The highest BCUT2D eigenvalue weighted by Crippen LogP contribution is 2.49. The normalized spacial score (nSPS) is 17.1. The average Bonchev–Trinajstić information content (AvgIpc) is 2.70. The second-order valence-corrected chi connectivity index (χ2v) is 6.93. The molecule has 1 atom stereocenters. The molecule has 3 rings (SSSR count). The maximum Gasteiger partial charge on any atom is 0.204 e. The van der Waals surface area contributed by atoms with Crippen molar-refractivity contribution < 1.29 is 29.2 Å². The lowest BCUT2D eigenvalue weighted by molar-refractivity contribution is -0.121. The first-order valence-corrected chi connectivity index (χ1v) is 9.35. The topological polar surface area (TPSA) is 85.2 Å². The lowest BCUT2D eigenvalue weighted by Crippen LogP contribution is -2.06. The molecule has 0 fully saturated rings. The molecule has 0 aromatic heterocycles. The first-order chi connectivity index (χ1) is 13.5. The van der Waals surface area contributed by atoms with Crippen LogP contribution >= 0.6 is 0 Å². The van der Waals surface area contributed by atoms with Gasteiger partial charge in [-0.05, 0) is 48.6 Å². The number of aliphatic hydroxyl groups is 1. The Kier molecular flexibility index (Phi) is 6.09. The minimum Gasteiger partial charge on any atom is -0.507 e. The molecule has 28 heavy (non-hydrogen) atoms. The molecule has 150 valence electrons. The van der Waals surface area contributed by atoms with Crippen LogP contribution in [0.5, 0.6) is 23.0 Å². The van der Waals surface area contributed by atoms with Crippen LogP contribution in [-0.4, -0.2) is 37.3 Å². The highest BCUT2D eigenvalue weighted by atomic mass is 16.5. The van der Waals surface area contributed by atoms with Gasteiger partial charge in [-0.2, -0.15) is 0 Å². The second-order valence-electron chi connectivity index (χ2n) is 6.93. The Hall–Kier alpha value is -2.73. The summed E-state index contributed by atoms with van der Waals surface area (Å²) in [6.45, 7) is 0. The summed E-state index contributed by atoms with van der Waals surface area (Å²) in [6.07, 6.45) is 1.76. The largest absolute Gasteiger partial charge is 0.507 e. The molecule has 1 aliphatic carbocycles. The van der Waals surface area contributed by atoms with Gasteiger partial charge >= 0.3 is 0 Å². The Bertz CT molecular complexity index is 874. The number of phenolic OH excluding ortho intramolecular Hbond substituents is 1. The summed E-state index contributed by atoms with van der Waals surface area (Å²) < 4.78 is 16.8. The van der Waals surface area contributed by atoms with Crippen LogP contribution in [0.1, 0.15) is 42.9 Å². The number of hydrogen-bond acceptors (Lipinski definition) is 6. The molecule has 0 spiro atoms. The van der Waals surface area contributed by atoms with Gasteiger partial charge in [0.15, 0.2) is 11.5 Å². The molecule has 1 aliphatic rings. The van der Waals surface area contributed by atoms with E-state index in [4.69, 9.17) is 14.2 Å². The molecule has 6 nitrogen and oxygen atoms in total. The van der Waals surface area contributed by atoms with Gasteiger partial charge in [0, 0.05) is 24.0 Å². The molecule has 0 saturated heterocycles. The minimum absolute atomic E-state index is 0.0233. The van der Waals surface area contributed by atoms with Crippen molar-refractivity contribution in [2.45, 2.75) is 38.2 Å². The number of rotatable bonds is 3. The van der Waals surface area contributed by atoms with Crippen molar-refractivity contribution in [3.63, 3.8) is 0 Å². The Morgan fingerprint density at radius 2 is 1.57 bits per heavy atom. The lowest BCUT2D eigenvalue weighted by atomic mass is 9.94. The average molecular weight is 386 g/mol. The zero-order valence-electron chi connectivity index (χ0n) is 16.4. The third-order valence-electron chi connectivity index (χ3n) is 5.15. The fraction of sp³-hybridized carbons (Fsp3) is 0.409. The van der Waals surface area contributed by atoms with Crippen molar-refractivity contribution in [2.75, 3.05) is 21.3 Å². The van der Waals surface area contributed by atoms with E-state index in [2.05, 4.69) is 0 Å². The highest BCUT2D eigenvalue weighted by molar-refractivity contribution is 5.82. The number of Topliss-reactive ketones (excluding diaryl/α,β-unsaturated/α-hetero) is 1. The van der Waals surface area contributed by atoms with Gasteiger partial charge in [-0.15, -0.1) is 0 Å². The number of aromatic hydroxyl groups is 1. The van der Waals surface area contributed by atoms with Crippen LogP contribution in [-0.2, 0) is 11.2 Å². The Morgan fingerprint density at radius 3 is 2.25 bits per heavy atom. The number of ether oxygens (including phenoxy) is 3. The van der Waals surface area contributed by atoms with Crippen LogP contribution in [0.2, 0.25) is 0 Å². The molecule has 6 heteroatoms. The van der Waals surface area contributed by atoms with Gasteiger partial charge in [-0.3, -0.25) is 4.79 Å². The summed E-state index contributed by atoms with van der Waals surface area (Å²) in [6, 6.07) is 6.77. The number of carbonyl (C=O) groups excluding carboxylic acids is 1. The van der Waals surface area contributed by atoms with Crippen molar-refractivity contribution in [1.29, 1.82) is 0 Å². The van der Waals surface area contributed by atoms with Crippen molar-refractivity contribution in [3.05, 3.63) is 35.4 Å². The molecule has 4 bridgehead atoms. The monoisotopic (exact) mass is 386 g/mol. The summed E-state index contributed by atoms with van der Waals surface area (Å²) in [5.74, 6) is 1.55. The number of aryl methyl sites for hydroxylation is 1. The fourth-order valence-electron chi connectivity index (χ4n) is 3.72. The third-order valence-corrected chi connectivity index (χ3v) is 5.15. The number of methoxy groups -OCH3 is 3. The van der Waals surface area contributed by atoms with Gasteiger partial charge in [0.2, 0.25) is 5.75 Å². The Balaban J connectivity index is 2.29. The zero-order valence-corrected chi connectivity index (χ0v) is 16.4. The first-order valence-electron chi connectivity index (χ1n) is 9.35. The quantitative estimate of drug-likeness (QED) is 0.835. The van der Waals surface area contributed by atoms with Crippen molar-refractivity contribution in [3.8, 4) is 34.1 Å². The van der Waals surface area contributed by atoms with E-state index < -0.39 is 6.10 Å². The number of benzene rings is 2. The summed E-state index contributed by atoms with van der Waals surface area (Å²) in [5, 5.41) is 21.0. The summed E-state index contributed by atoms with van der Waals surface area (Å²) >= 11 is 0. The molecule has 2 N–H and O–H groups in total. The van der Waals surface area contributed by atoms with Crippen LogP contribution in [0.15, 0.2) is 24.3 Å². The predicted molar refractivity (Wildman–Crippen MR) is 105 cm³/mol. The highest BCUT2D eigenvalue weighted by Gasteiger charge is 2.24. The molecule has 0 heterocycles. The maximum atomic E-state index is 12.2. The van der Waals surface area contributed by atoms with E-state index in [1.165, 1.54) is 13.2 Å². The van der Waals surface area contributed by atoms with E-state index in [0.717, 1.165) is 18.4 Å². The van der Waals surface area contributed by atoms with E-state index in [1.807, 2.05) is 6.07 Å². The molecular formula is C22H26O6. The van der Waals surface area contributed by atoms with E-state index >= 15 is 0 Å². The SMILES string of the molecule is COc1c2cc(c(OC)c1OC)-c1cc(ccc1O)[C@H](O)CC(=O)CCCC2. The third kappa shape index (κ3) is 3.78. The number of phenols is 1. The summed E-state index contributed by atoms with van der Waals surface area (Å²) in [7, 11) is 4.65. The molecule has 0 saturated carbocycles. The van der Waals surface area contributed by atoms with Crippen LogP contribution in [0.4, 0.5) is 0 Å². The standard InChI is InChI=1S/C22H26O6/c1-26-20-14-6-4-5-7-15(23)12-19(25)13-8-9-18(24)16(10-13)17(11-14)21(27-2)22(20)28-3/h8-11,19,24-25H,4-7,12H2,1-3H3/t19-/m1/s1. The molecule has 2 aromatic carbocycles. The van der Waals surface area contributed by atoms with Gasteiger partial charge in [0.25, 0.3) is 0 Å². The van der Waals surface area contributed by atoms with Gasteiger partial charge < -0.3 is 24.4 Å². The maximum absolute atomic E-state index is 12.2. The van der Waals surface area contributed by atoms with Crippen molar-refractivity contribution >= 4 is 5.78 Å². The van der Waals surface area contributed by atoms with Gasteiger partial charge in [-0.25, -0.2) is 0 Å². The van der Waals surface area contributed by atoms with Crippen LogP contribution in [0.25, 0.3) is 11.1 Å². The summed E-state index contributed by atoms with van der Waals surface area (Å²) in [5.41, 5.74) is 2.63. The first kappa shape index (κ1) is 20.0. The molecule has 0 amide bonds. The van der Waals surface area contributed by atoms with Gasteiger partial charge in [0.05, 0.1) is 27.4 Å². The summed E-state index contributed by atoms with van der Waals surface area (Å²) in [4.78, 5) is 12.2. The Labute approximate surface area is 164 Å². The van der Waals surface area contributed by atoms with Crippen molar-refractivity contribution in [2.24, 2.45) is 0 Å². The fourth-order valence-corrected chi connectivity index (χ4v) is 3.72. The number of aliphatic hydroxyl groups excluding tert-OH is 1. The number of fused-ring (bicyclic) bond motifs is 5. The van der Waals surface area contributed by atoms with Crippen LogP contribution in [0, 0.1) is 0 Å². The van der Waals surface area contributed by atoms with Crippen LogP contribution in [0.3, 0.4) is 0 Å². The molecule has 0 radical (unpaired) electrons. The number of ketones is 1.